The summed E-state index contributed by atoms with van der Waals surface area (Å²) in [6.45, 7) is 7.76. The number of aliphatic carboxylic acids is 1. The molecule has 0 aliphatic rings. The van der Waals surface area contributed by atoms with E-state index in [1.54, 1.807) is 6.07 Å². The topological polar surface area (TPSA) is 81.4 Å². The zero-order valence-electron chi connectivity index (χ0n) is 18.2. The summed E-state index contributed by atoms with van der Waals surface area (Å²) in [4.78, 5) is 26.4. The summed E-state index contributed by atoms with van der Waals surface area (Å²) in [7, 11) is 0. The van der Waals surface area contributed by atoms with Crippen molar-refractivity contribution < 1.29 is 14.7 Å². The fraction of sp³-hybridized carbons (Fsp3) is 0.400. The van der Waals surface area contributed by atoms with Gasteiger partial charge in [-0.05, 0) is 34.6 Å². The highest BCUT2D eigenvalue weighted by atomic mass is 16.4. The average Bonchev–Trinajstić information content (AvgIpc) is 2.70. The Morgan fingerprint density at radius 2 is 1.73 bits per heavy atom. The molecule has 0 heterocycles. The van der Waals surface area contributed by atoms with Gasteiger partial charge in [-0.3, -0.25) is 4.79 Å². The Kier molecular flexibility index (Phi) is 7.77. The third kappa shape index (κ3) is 5.70. The summed E-state index contributed by atoms with van der Waals surface area (Å²) < 4.78 is 0. The fourth-order valence-corrected chi connectivity index (χ4v) is 3.59. The highest BCUT2D eigenvalue weighted by Gasteiger charge is 2.38. The number of hydrogen-bond donors (Lipinski definition) is 1. The van der Waals surface area contributed by atoms with E-state index in [4.69, 9.17) is 0 Å². The third-order valence-corrected chi connectivity index (χ3v) is 5.10. The molecular weight excluding hydrogens is 376 g/mol. The number of carbonyl (C=O) groups excluding carboxylic acids is 1. The van der Waals surface area contributed by atoms with Gasteiger partial charge in [0.15, 0.2) is 0 Å². The number of nitrogens with zero attached hydrogens (tertiary/aromatic N) is 2. The predicted molar refractivity (Wildman–Crippen MR) is 118 cm³/mol. The van der Waals surface area contributed by atoms with Gasteiger partial charge < -0.3 is 10.0 Å². The van der Waals surface area contributed by atoms with E-state index < -0.39 is 17.4 Å². The molecule has 2 aromatic rings. The summed E-state index contributed by atoms with van der Waals surface area (Å²) in [5.74, 6) is -1.13. The Morgan fingerprint density at radius 1 is 1.10 bits per heavy atom. The first-order valence-electron chi connectivity index (χ1n) is 10.3. The van der Waals surface area contributed by atoms with E-state index in [2.05, 4.69) is 6.07 Å². The minimum atomic E-state index is -0.994. The molecule has 1 N–H and O–H groups in total. The third-order valence-electron chi connectivity index (χ3n) is 5.10. The van der Waals surface area contributed by atoms with Crippen LogP contribution < -0.4 is 0 Å². The Balaban J connectivity index is 2.34. The summed E-state index contributed by atoms with van der Waals surface area (Å²) in [5, 5.41) is 19.2. The van der Waals surface area contributed by atoms with Crippen molar-refractivity contribution in [1.82, 2.24) is 4.90 Å². The second-order valence-corrected chi connectivity index (χ2v) is 8.59. The number of rotatable bonds is 8. The largest absolute Gasteiger partial charge is 0.480 e. The number of benzene rings is 2. The molecule has 2 rings (SSSR count). The van der Waals surface area contributed by atoms with Crippen LogP contribution in [0.25, 0.3) is 11.1 Å². The first kappa shape index (κ1) is 23.2. The van der Waals surface area contributed by atoms with Gasteiger partial charge in [-0.1, -0.05) is 76.6 Å². The molecule has 0 aliphatic carbocycles. The zero-order valence-corrected chi connectivity index (χ0v) is 18.2. The normalized spacial score (nSPS) is 12.1. The average molecular weight is 407 g/mol. The van der Waals surface area contributed by atoms with Crippen LogP contribution in [0, 0.1) is 16.7 Å². The molecule has 5 nitrogen and oxygen atoms in total. The molecule has 1 atom stereocenters. The van der Waals surface area contributed by atoms with Crippen molar-refractivity contribution >= 4 is 11.9 Å². The Hall–Kier alpha value is -3.13. The highest BCUT2D eigenvalue weighted by Crippen LogP contribution is 2.28. The van der Waals surface area contributed by atoms with E-state index in [0.717, 1.165) is 29.5 Å². The van der Waals surface area contributed by atoms with Crippen LogP contribution in [-0.2, 0) is 16.1 Å². The van der Waals surface area contributed by atoms with Gasteiger partial charge in [0.05, 0.1) is 11.6 Å². The summed E-state index contributed by atoms with van der Waals surface area (Å²) in [5.41, 5.74) is 2.61. The maximum Gasteiger partial charge on any atom is 0.326 e. The minimum Gasteiger partial charge on any atom is -0.480 e. The van der Waals surface area contributed by atoms with Crippen LogP contribution in [0.5, 0.6) is 0 Å². The Morgan fingerprint density at radius 3 is 2.27 bits per heavy atom. The van der Waals surface area contributed by atoms with Crippen molar-refractivity contribution in [3.05, 3.63) is 59.7 Å². The Labute approximate surface area is 179 Å². The van der Waals surface area contributed by atoms with Gasteiger partial charge in [0.2, 0.25) is 5.91 Å². The van der Waals surface area contributed by atoms with Gasteiger partial charge in [0, 0.05) is 13.0 Å². The lowest BCUT2D eigenvalue weighted by Gasteiger charge is -2.37. The van der Waals surface area contributed by atoms with E-state index in [-0.39, 0.29) is 12.5 Å². The van der Waals surface area contributed by atoms with Crippen LogP contribution in [0.15, 0.2) is 48.5 Å². The number of unbranched alkanes of at least 4 members (excludes halogenated alkanes) is 1. The van der Waals surface area contributed by atoms with Crippen LogP contribution in [0.1, 0.15) is 58.1 Å². The molecule has 158 valence electrons. The number of amides is 1. The zero-order chi connectivity index (χ0) is 22.3. The lowest BCUT2D eigenvalue weighted by atomic mass is 9.85. The molecule has 2 aromatic carbocycles. The SMILES string of the molecule is CCCCC(=O)N(Cc1ccc(-c2ccccc2C#N)cc1)[C@H](C(=O)O)C(C)(C)C. The maximum atomic E-state index is 12.9. The van der Waals surface area contributed by atoms with E-state index >= 15 is 0 Å². The second-order valence-electron chi connectivity index (χ2n) is 8.59. The van der Waals surface area contributed by atoms with Crippen LogP contribution in [0.2, 0.25) is 0 Å². The quantitative estimate of drug-likeness (QED) is 0.650. The molecule has 0 saturated carbocycles. The van der Waals surface area contributed by atoms with Gasteiger partial charge in [-0.15, -0.1) is 0 Å². The van der Waals surface area contributed by atoms with Crippen molar-refractivity contribution in [3.63, 3.8) is 0 Å². The molecule has 0 fully saturated rings. The van der Waals surface area contributed by atoms with E-state index in [9.17, 15) is 20.0 Å². The lowest BCUT2D eigenvalue weighted by molar-refractivity contribution is -0.156. The highest BCUT2D eigenvalue weighted by molar-refractivity contribution is 5.84. The minimum absolute atomic E-state index is 0.141. The Bertz CT molecular complexity index is 921. The molecule has 1 amide bonds. The number of carbonyl (C=O) groups is 2. The molecule has 0 saturated heterocycles. The van der Waals surface area contributed by atoms with Crippen molar-refractivity contribution in [2.45, 2.75) is 59.5 Å². The van der Waals surface area contributed by atoms with Gasteiger partial charge in [0.25, 0.3) is 0 Å². The number of hydrogen-bond acceptors (Lipinski definition) is 3. The van der Waals surface area contributed by atoms with Crippen molar-refractivity contribution in [3.8, 4) is 17.2 Å². The molecule has 0 aliphatic heterocycles. The lowest BCUT2D eigenvalue weighted by Crippen LogP contribution is -2.51. The monoisotopic (exact) mass is 406 g/mol. The van der Waals surface area contributed by atoms with Gasteiger partial charge >= 0.3 is 5.97 Å². The second kappa shape index (κ2) is 10.1. The standard InChI is InChI=1S/C25H30N2O3/c1-5-6-11-22(28)27(23(24(29)30)25(2,3)4)17-18-12-14-19(15-13-18)21-10-8-7-9-20(21)16-26/h7-10,12-15,23H,5-6,11,17H2,1-4H3,(H,29,30)/t23-/m1/s1. The fourth-order valence-electron chi connectivity index (χ4n) is 3.59. The molecule has 0 spiro atoms. The van der Waals surface area contributed by atoms with Gasteiger partial charge in [-0.25, -0.2) is 4.79 Å². The molecule has 0 radical (unpaired) electrons. The summed E-state index contributed by atoms with van der Waals surface area (Å²) in [6, 6.07) is 16.3. The van der Waals surface area contributed by atoms with Crippen LogP contribution >= 0.6 is 0 Å². The summed E-state index contributed by atoms with van der Waals surface area (Å²) >= 11 is 0. The molecule has 5 heteroatoms. The molecule has 0 aromatic heterocycles. The van der Waals surface area contributed by atoms with Crippen molar-refractivity contribution in [2.24, 2.45) is 5.41 Å². The van der Waals surface area contributed by atoms with Gasteiger partial charge in [-0.2, -0.15) is 5.26 Å². The van der Waals surface area contributed by atoms with E-state index in [1.807, 2.05) is 70.2 Å². The van der Waals surface area contributed by atoms with E-state index in [1.165, 1.54) is 4.90 Å². The predicted octanol–water partition coefficient (Wildman–Crippen LogP) is 5.24. The molecule has 0 bridgehead atoms. The number of nitriles is 1. The molecule has 0 unspecified atom stereocenters. The molecular formula is C25H30N2O3. The number of carboxylic acids is 1. The van der Waals surface area contributed by atoms with Crippen LogP contribution in [0.3, 0.4) is 0 Å². The van der Waals surface area contributed by atoms with Crippen LogP contribution in [-0.4, -0.2) is 27.9 Å². The van der Waals surface area contributed by atoms with Crippen molar-refractivity contribution in [1.29, 1.82) is 5.26 Å². The summed E-state index contributed by atoms with van der Waals surface area (Å²) in [6.07, 6.45) is 1.94. The first-order valence-corrected chi connectivity index (χ1v) is 10.3. The first-order chi connectivity index (χ1) is 14.2. The van der Waals surface area contributed by atoms with Gasteiger partial charge in [0.1, 0.15) is 6.04 Å². The van der Waals surface area contributed by atoms with E-state index in [0.29, 0.717) is 12.0 Å². The van der Waals surface area contributed by atoms with Crippen LogP contribution in [0.4, 0.5) is 0 Å². The molecule has 30 heavy (non-hydrogen) atoms. The number of carboxylic acid groups (broad SMARTS) is 1. The maximum absolute atomic E-state index is 12.9. The smallest absolute Gasteiger partial charge is 0.326 e. The van der Waals surface area contributed by atoms with Crippen molar-refractivity contribution in [2.75, 3.05) is 0 Å².